The van der Waals surface area contributed by atoms with Crippen LogP contribution < -0.4 is 15.0 Å². The van der Waals surface area contributed by atoms with Crippen molar-refractivity contribution >= 4 is 22.8 Å². The molecule has 0 aliphatic heterocycles. The van der Waals surface area contributed by atoms with Gasteiger partial charge < -0.3 is 15.0 Å². The Morgan fingerprint density at radius 1 is 1.08 bits per heavy atom. The number of benzene rings is 1. The van der Waals surface area contributed by atoms with E-state index in [-0.39, 0.29) is 5.91 Å². The summed E-state index contributed by atoms with van der Waals surface area (Å²) in [6, 6.07) is 11.7. The summed E-state index contributed by atoms with van der Waals surface area (Å²) in [5.41, 5.74) is 2.70. The standard InChI is InChI=1S/C28H35N7O2/c1-4-6-7-10-25(36)30-18-21-11-13-23(14-12-21)37-17-16-34(3)27-24-20-31-35(5-2)28(24)33-26(32-27)22-9-8-15-29-19-22/h8-9,11-15,19-20H,4-7,10,16-18H2,1-3H3,(H,30,36). The van der Waals surface area contributed by atoms with Crippen molar-refractivity contribution < 1.29 is 9.53 Å². The van der Waals surface area contributed by atoms with Crippen molar-refractivity contribution in [2.75, 3.05) is 25.1 Å². The number of nitrogens with zero attached hydrogens (tertiary/aromatic N) is 6. The first kappa shape index (κ1) is 26.1. The molecule has 0 bridgehead atoms. The summed E-state index contributed by atoms with van der Waals surface area (Å²) in [5.74, 6) is 2.31. The largest absolute Gasteiger partial charge is 0.492 e. The fraction of sp³-hybridized carbons (Fsp3) is 0.393. The number of carbonyl (C=O) groups is 1. The predicted octanol–water partition coefficient (Wildman–Crippen LogP) is 4.62. The molecule has 0 aliphatic carbocycles. The normalized spacial score (nSPS) is 11.0. The molecule has 0 saturated carbocycles. The number of carbonyl (C=O) groups excluding carboxylic acids is 1. The lowest BCUT2D eigenvalue weighted by molar-refractivity contribution is -0.121. The zero-order valence-corrected chi connectivity index (χ0v) is 21.9. The smallest absolute Gasteiger partial charge is 0.220 e. The lowest BCUT2D eigenvalue weighted by Gasteiger charge is -2.20. The second-order valence-electron chi connectivity index (χ2n) is 8.96. The number of fused-ring (bicyclic) bond motifs is 1. The number of hydrogen-bond donors (Lipinski definition) is 1. The highest BCUT2D eigenvalue weighted by Gasteiger charge is 2.16. The van der Waals surface area contributed by atoms with E-state index in [1.165, 1.54) is 0 Å². The maximum Gasteiger partial charge on any atom is 0.220 e. The number of pyridine rings is 1. The van der Waals surface area contributed by atoms with Crippen molar-refractivity contribution in [2.45, 2.75) is 52.6 Å². The Kier molecular flexibility index (Phi) is 9.02. The van der Waals surface area contributed by atoms with Crippen LogP contribution in [0.15, 0.2) is 55.0 Å². The zero-order valence-electron chi connectivity index (χ0n) is 21.9. The van der Waals surface area contributed by atoms with Crippen LogP contribution in [0.5, 0.6) is 5.75 Å². The number of likely N-dealkylation sites (N-methyl/N-ethyl adjacent to an activating group) is 1. The highest BCUT2D eigenvalue weighted by molar-refractivity contribution is 5.88. The summed E-state index contributed by atoms with van der Waals surface area (Å²) >= 11 is 0. The minimum absolute atomic E-state index is 0.104. The van der Waals surface area contributed by atoms with Crippen LogP contribution in [-0.4, -0.2) is 50.8 Å². The minimum Gasteiger partial charge on any atom is -0.492 e. The number of nitrogens with one attached hydrogen (secondary N) is 1. The van der Waals surface area contributed by atoms with E-state index in [9.17, 15) is 4.79 Å². The van der Waals surface area contributed by atoms with Gasteiger partial charge in [-0.15, -0.1) is 0 Å². The Bertz CT molecular complexity index is 1290. The SMILES string of the molecule is CCCCCC(=O)NCc1ccc(OCCN(C)c2nc(-c3cccnc3)nc3c2cnn3CC)cc1. The second kappa shape index (κ2) is 12.8. The van der Waals surface area contributed by atoms with Gasteiger partial charge in [-0.05, 0) is 43.2 Å². The third kappa shape index (κ3) is 6.81. The van der Waals surface area contributed by atoms with Gasteiger partial charge in [0.1, 0.15) is 18.2 Å². The second-order valence-corrected chi connectivity index (χ2v) is 8.96. The van der Waals surface area contributed by atoms with E-state index in [1.54, 1.807) is 12.4 Å². The lowest BCUT2D eigenvalue weighted by Crippen LogP contribution is -2.25. The van der Waals surface area contributed by atoms with Gasteiger partial charge in [0.05, 0.1) is 18.1 Å². The fourth-order valence-corrected chi connectivity index (χ4v) is 4.02. The third-order valence-corrected chi connectivity index (χ3v) is 6.17. The molecule has 3 heterocycles. The van der Waals surface area contributed by atoms with Crippen molar-refractivity contribution in [2.24, 2.45) is 0 Å². The van der Waals surface area contributed by atoms with Crippen LogP contribution in [0.2, 0.25) is 0 Å². The molecule has 194 valence electrons. The molecule has 1 amide bonds. The number of aryl methyl sites for hydroxylation is 1. The Morgan fingerprint density at radius 2 is 1.92 bits per heavy atom. The molecule has 1 aromatic carbocycles. The summed E-state index contributed by atoms with van der Waals surface area (Å²) in [7, 11) is 1.99. The molecule has 0 atom stereocenters. The fourth-order valence-electron chi connectivity index (χ4n) is 4.02. The molecular weight excluding hydrogens is 466 g/mol. The first-order valence-corrected chi connectivity index (χ1v) is 12.9. The highest BCUT2D eigenvalue weighted by Crippen LogP contribution is 2.26. The molecule has 0 radical (unpaired) electrons. The van der Waals surface area contributed by atoms with Gasteiger partial charge >= 0.3 is 0 Å². The lowest BCUT2D eigenvalue weighted by atomic mass is 10.2. The molecule has 0 spiro atoms. The number of unbranched alkanes of at least 4 members (excludes halogenated alkanes) is 2. The molecule has 9 heteroatoms. The van der Waals surface area contributed by atoms with Crippen molar-refractivity contribution in [1.82, 2.24) is 30.0 Å². The van der Waals surface area contributed by atoms with Gasteiger partial charge in [-0.2, -0.15) is 5.10 Å². The van der Waals surface area contributed by atoms with Gasteiger partial charge in [0, 0.05) is 44.5 Å². The summed E-state index contributed by atoms with van der Waals surface area (Å²) in [5, 5.41) is 8.37. The van der Waals surface area contributed by atoms with Crippen molar-refractivity contribution in [1.29, 1.82) is 0 Å². The van der Waals surface area contributed by atoms with E-state index in [1.807, 2.05) is 61.2 Å². The molecule has 0 saturated heterocycles. The van der Waals surface area contributed by atoms with Crippen LogP contribution in [0.4, 0.5) is 5.82 Å². The Balaban J connectivity index is 1.36. The van der Waals surface area contributed by atoms with E-state index in [4.69, 9.17) is 14.7 Å². The number of anilines is 1. The van der Waals surface area contributed by atoms with Gasteiger partial charge in [0.15, 0.2) is 11.5 Å². The molecule has 1 N–H and O–H groups in total. The van der Waals surface area contributed by atoms with Gasteiger partial charge in [0.25, 0.3) is 0 Å². The summed E-state index contributed by atoms with van der Waals surface area (Å²) < 4.78 is 7.87. The van der Waals surface area contributed by atoms with Crippen molar-refractivity contribution in [3.8, 4) is 17.1 Å². The predicted molar refractivity (Wildman–Crippen MR) is 145 cm³/mol. The average Bonchev–Trinajstić information content (AvgIpc) is 3.36. The van der Waals surface area contributed by atoms with Crippen LogP contribution >= 0.6 is 0 Å². The number of aromatic nitrogens is 5. The van der Waals surface area contributed by atoms with E-state index in [2.05, 4.69) is 27.2 Å². The van der Waals surface area contributed by atoms with E-state index in [0.29, 0.717) is 31.9 Å². The number of rotatable bonds is 13. The first-order chi connectivity index (χ1) is 18.1. The van der Waals surface area contributed by atoms with Crippen molar-refractivity contribution in [3.63, 3.8) is 0 Å². The molecule has 0 fully saturated rings. The summed E-state index contributed by atoms with van der Waals surface area (Å²) in [6.07, 6.45) is 9.05. The maximum absolute atomic E-state index is 11.9. The highest BCUT2D eigenvalue weighted by atomic mass is 16.5. The van der Waals surface area contributed by atoms with Gasteiger partial charge in [0.2, 0.25) is 5.91 Å². The quantitative estimate of drug-likeness (QED) is 0.267. The van der Waals surface area contributed by atoms with Gasteiger partial charge in [-0.3, -0.25) is 9.78 Å². The first-order valence-electron chi connectivity index (χ1n) is 12.9. The van der Waals surface area contributed by atoms with E-state index < -0.39 is 0 Å². The maximum atomic E-state index is 11.9. The molecule has 3 aromatic heterocycles. The van der Waals surface area contributed by atoms with Crippen LogP contribution in [0.3, 0.4) is 0 Å². The number of ether oxygens (including phenoxy) is 1. The monoisotopic (exact) mass is 501 g/mol. The van der Waals surface area contributed by atoms with Crippen LogP contribution in [0.25, 0.3) is 22.4 Å². The Labute approximate surface area is 217 Å². The molecule has 4 rings (SSSR count). The molecular formula is C28H35N7O2. The molecule has 4 aromatic rings. The van der Waals surface area contributed by atoms with E-state index in [0.717, 1.165) is 59.5 Å². The van der Waals surface area contributed by atoms with Gasteiger partial charge in [-0.25, -0.2) is 14.6 Å². The van der Waals surface area contributed by atoms with Crippen LogP contribution in [0.1, 0.15) is 45.1 Å². The average molecular weight is 502 g/mol. The van der Waals surface area contributed by atoms with Crippen molar-refractivity contribution in [3.05, 3.63) is 60.6 Å². The Morgan fingerprint density at radius 3 is 2.65 bits per heavy atom. The van der Waals surface area contributed by atoms with Crippen LogP contribution in [0, 0.1) is 0 Å². The molecule has 0 aliphatic rings. The summed E-state index contributed by atoms with van der Waals surface area (Å²) in [6.45, 7) is 6.55. The van der Waals surface area contributed by atoms with Crippen LogP contribution in [-0.2, 0) is 17.9 Å². The number of hydrogen-bond acceptors (Lipinski definition) is 7. The minimum atomic E-state index is 0.104. The van der Waals surface area contributed by atoms with Gasteiger partial charge in [-0.1, -0.05) is 31.9 Å². The molecule has 9 nitrogen and oxygen atoms in total. The number of amides is 1. The summed E-state index contributed by atoms with van der Waals surface area (Å²) in [4.78, 5) is 27.8. The molecule has 37 heavy (non-hydrogen) atoms. The zero-order chi connectivity index (χ0) is 26.0. The topological polar surface area (TPSA) is 98.1 Å². The van der Waals surface area contributed by atoms with E-state index >= 15 is 0 Å². The third-order valence-electron chi connectivity index (χ3n) is 6.17. The Hall–Kier alpha value is -4.01. The molecule has 0 unspecified atom stereocenters.